The SMILES string of the molecule is N/C(=C\N(N)[C@@H](Cc1ccc2c(c1)OCCO2)CN1CCCC1)CCc1ccccc1. The molecule has 31 heavy (non-hydrogen) atoms. The van der Waals surface area contributed by atoms with E-state index in [0.717, 1.165) is 56.1 Å². The highest BCUT2D eigenvalue weighted by Gasteiger charge is 2.22. The Labute approximate surface area is 185 Å². The van der Waals surface area contributed by atoms with Gasteiger partial charge in [0.05, 0.1) is 6.04 Å². The maximum atomic E-state index is 6.55. The molecule has 2 aromatic carbocycles. The van der Waals surface area contributed by atoms with Crippen LogP contribution in [0.25, 0.3) is 0 Å². The van der Waals surface area contributed by atoms with Gasteiger partial charge in [0.2, 0.25) is 0 Å². The van der Waals surface area contributed by atoms with Crippen molar-refractivity contribution < 1.29 is 9.47 Å². The maximum Gasteiger partial charge on any atom is 0.161 e. The van der Waals surface area contributed by atoms with E-state index >= 15 is 0 Å². The molecule has 4 N–H and O–H groups in total. The Morgan fingerprint density at radius 3 is 2.52 bits per heavy atom. The number of rotatable bonds is 9. The lowest BCUT2D eigenvalue weighted by Crippen LogP contribution is -2.46. The Balaban J connectivity index is 1.43. The number of nitrogens with two attached hydrogens (primary N) is 2. The first-order valence-electron chi connectivity index (χ1n) is 11.3. The summed E-state index contributed by atoms with van der Waals surface area (Å²) in [6, 6.07) is 16.7. The van der Waals surface area contributed by atoms with Crippen LogP contribution in [0.15, 0.2) is 60.4 Å². The Bertz CT molecular complexity index is 865. The molecular weight excluding hydrogens is 388 g/mol. The van der Waals surface area contributed by atoms with Crippen molar-refractivity contribution in [2.45, 2.75) is 38.1 Å². The molecule has 6 nitrogen and oxygen atoms in total. The van der Waals surface area contributed by atoms with Gasteiger partial charge in [-0.1, -0.05) is 36.4 Å². The fraction of sp³-hybridized carbons (Fsp3) is 0.440. The lowest BCUT2D eigenvalue weighted by atomic mass is 10.0. The molecule has 0 aromatic heterocycles. The third kappa shape index (κ3) is 6.15. The second kappa shape index (κ2) is 10.6. The Hall–Kier alpha value is -2.70. The lowest BCUT2D eigenvalue weighted by Gasteiger charge is -2.31. The standard InChI is InChI=1S/C25H34N4O2/c26-22(10-8-20-6-2-1-3-7-20)18-29(27)23(19-28-12-4-5-13-28)16-21-9-11-24-25(17-21)31-15-14-30-24/h1-3,6-7,9,11,17-18,23H,4-5,8,10,12-16,19,26-27H2/b22-18-/t23-/m0/s1. The number of ether oxygens (including phenoxy) is 2. The van der Waals surface area contributed by atoms with Gasteiger partial charge in [0, 0.05) is 18.4 Å². The maximum absolute atomic E-state index is 6.55. The van der Waals surface area contributed by atoms with Crippen LogP contribution in [0, 0.1) is 0 Å². The van der Waals surface area contributed by atoms with Crippen molar-refractivity contribution in [3.05, 3.63) is 71.6 Å². The van der Waals surface area contributed by atoms with Gasteiger partial charge in [-0.2, -0.15) is 0 Å². The zero-order valence-electron chi connectivity index (χ0n) is 18.2. The first-order valence-corrected chi connectivity index (χ1v) is 11.3. The van der Waals surface area contributed by atoms with Crippen LogP contribution in [0.2, 0.25) is 0 Å². The van der Waals surface area contributed by atoms with E-state index in [4.69, 9.17) is 21.1 Å². The normalized spacial score (nSPS) is 17.5. The van der Waals surface area contributed by atoms with Crippen LogP contribution < -0.4 is 21.1 Å². The Kier molecular flexibility index (Phi) is 7.33. The predicted molar refractivity (Wildman–Crippen MR) is 124 cm³/mol. The summed E-state index contributed by atoms with van der Waals surface area (Å²) in [5.74, 6) is 8.19. The van der Waals surface area contributed by atoms with Crippen LogP contribution in [-0.2, 0) is 12.8 Å². The van der Waals surface area contributed by atoms with Gasteiger partial charge in [-0.25, -0.2) is 5.84 Å². The summed E-state index contributed by atoms with van der Waals surface area (Å²) in [5, 5.41) is 1.81. The molecule has 0 amide bonds. The molecule has 0 spiro atoms. The zero-order chi connectivity index (χ0) is 21.5. The monoisotopic (exact) mass is 422 g/mol. The molecular formula is C25H34N4O2. The molecule has 2 aromatic rings. The van der Waals surface area contributed by atoms with Gasteiger partial charge < -0.3 is 25.1 Å². The summed E-state index contributed by atoms with van der Waals surface area (Å²) >= 11 is 0. The van der Waals surface area contributed by atoms with Crippen molar-refractivity contribution in [3.8, 4) is 11.5 Å². The molecule has 2 heterocycles. The van der Waals surface area contributed by atoms with Crippen molar-refractivity contribution in [3.63, 3.8) is 0 Å². The van der Waals surface area contributed by atoms with Crippen molar-refractivity contribution >= 4 is 0 Å². The van der Waals surface area contributed by atoms with E-state index < -0.39 is 0 Å². The minimum atomic E-state index is 0.135. The second-order valence-electron chi connectivity index (χ2n) is 8.48. The smallest absolute Gasteiger partial charge is 0.161 e. The van der Waals surface area contributed by atoms with Crippen LogP contribution in [0.3, 0.4) is 0 Å². The molecule has 0 unspecified atom stereocenters. The minimum absolute atomic E-state index is 0.135. The molecule has 1 atom stereocenters. The molecule has 2 aliphatic rings. The van der Waals surface area contributed by atoms with Crippen LogP contribution in [0.4, 0.5) is 0 Å². The molecule has 6 heteroatoms. The molecule has 0 aliphatic carbocycles. The van der Waals surface area contributed by atoms with Gasteiger partial charge in [0.1, 0.15) is 13.2 Å². The van der Waals surface area contributed by atoms with Crippen LogP contribution in [-0.4, -0.2) is 48.8 Å². The average molecular weight is 423 g/mol. The van der Waals surface area contributed by atoms with E-state index in [9.17, 15) is 0 Å². The fourth-order valence-corrected chi connectivity index (χ4v) is 4.31. The number of hydrogen-bond donors (Lipinski definition) is 2. The highest BCUT2D eigenvalue weighted by atomic mass is 16.6. The summed E-state index contributed by atoms with van der Waals surface area (Å²) in [6.07, 6.45) is 6.97. The molecule has 4 rings (SSSR count). The summed E-state index contributed by atoms with van der Waals surface area (Å²) in [4.78, 5) is 2.50. The number of likely N-dealkylation sites (tertiary alicyclic amines) is 1. The van der Waals surface area contributed by atoms with Gasteiger partial charge in [-0.3, -0.25) is 0 Å². The third-order valence-electron chi connectivity index (χ3n) is 6.03. The number of aryl methyl sites for hydroxylation is 1. The number of hydrazine groups is 1. The minimum Gasteiger partial charge on any atom is -0.486 e. The number of benzene rings is 2. The van der Waals surface area contributed by atoms with Crippen LogP contribution in [0.1, 0.15) is 30.4 Å². The van der Waals surface area contributed by atoms with Gasteiger partial charge in [0.15, 0.2) is 11.5 Å². The first-order chi connectivity index (χ1) is 15.2. The second-order valence-corrected chi connectivity index (χ2v) is 8.48. The van der Waals surface area contributed by atoms with Crippen molar-refractivity contribution in [2.75, 3.05) is 32.8 Å². The quantitative estimate of drug-likeness (QED) is 0.478. The highest BCUT2D eigenvalue weighted by molar-refractivity contribution is 5.44. The summed E-state index contributed by atoms with van der Waals surface area (Å²) in [7, 11) is 0. The van der Waals surface area contributed by atoms with Crippen molar-refractivity contribution in [2.24, 2.45) is 11.6 Å². The van der Waals surface area contributed by atoms with Crippen LogP contribution >= 0.6 is 0 Å². The van der Waals surface area contributed by atoms with Crippen molar-refractivity contribution in [1.82, 2.24) is 9.91 Å². The molecule has 166 valence electrons. The molecule has 1 saturated heterocycles. The Morgan fingerprint density at radius 2 is 1.74 bits per heavy atom. The lowest BCUT2D eigenvalue weighted by molar-refractivity contribution is 0.171. The van der Waals surface area contributed by atoms with Gasteiger partial charge >= 0.3 is 0 Å². The van der Waals surface area contributed by atoms with E-state index in [-0.39, 0.29) is 6.04 Å². The Morgan fingerprint density at radius 1 is 1.00 bits per heavy atom. The predicted octanol–water partition coefficient (Wildman–Crippen LogP) is 3.07. The first kappa shape index (κ1) is 21.5. The number of hydrogen-bond acceptors (Lipinski definition) is 6. The molecule has 0 bridgehead atoms. The van der Waals surface area contributed by atoms with Gasteiger partial charge in [0.25, 0.3) is 0 Å². The van der Waals surface area contributed by atoms with Gasteiger partial charge in [-0.15, -0.1) is 0 Å². The van der Waals surface area contributed by atoms with E-state index in [0.29, 0.717) is 13.2 Å². The molecule has 1 fully saturated rings. The highest BCUT2D eigenvalue weighted by Crippen LogP contribution is 2.31. The zero-order valence-corrected chi connectivity index (χ0v) is 18.2. The largest absolute Gasteiger partial charge is 0.486 e. The number of fused-ring (bicyclic) bond motifs is 1. The van der Waals surface area contributed by atoms with E-state index in [1.54, 1.807) is 0 Å². The third-order valence-corrected chi connectivity index (χ3v) is 6.03. The topological polar surface area (TPSA) is 77.0 Å². The molecule has 2 aliphatic heterocycles. The summed E-state index contributed by atoms with van der Waals surface area (Å²) in [5.41, 5.74) is 9.63. The van der Waals surface area contributed by atoms with E-state index in [1.165, 1.54) is 24.0 Å². The molecule has 0 radical (unpaired) electrons. The number of nitrogens with zero attached hydrogens (tertiary/aromatic N) is 2. The number of allylic oxidation sites excluding steroid dienone is 1. The van der Waals surface area contributed by atoms with Crippen LogP contribution in [0.5, 0.6) is 11.5 Å². The fourth-order valence-electron chi connectivity index (χ4n) is 4.31. The van der Waals surface area contributed by atoms with E-state index in [2.05, 4.69) is 41.3 Å². The van der Waals surface area contributed by atoms with Crippen molar-refractivity contribution in [1.29, 1.82) is 0 Å². The summed E-state index contributed by atoms with van der Waals surface area (Å²) < 4.78 is 11.4. The van der Waals surface area contributed by atoms with Gasteiger partial charge in [-0.05, 0) is 68.5 Å². The molecule has 0 saturated carbocycles. The van der Waals surface area contributed by atoms with E-state index in [1.807, 2.05) is 23.3 Å². The summed E-state index contributed by atoms with van der Waals surface area (Å²) in [6.45, 7) is 4.40. The average Bonchev–Trinajstić information content (AvgIpc) is 3.31.